The quantitative estimate of drug-likeness (QED) is 0.716. The van der Waals surface area contributed by atoms with Crippen molar-refractivity contribution in [2.45, 2.75) is 44.2 Å². The number of likely N-dealkylation sites (tertiary alicyclic amines) is 1. The summed E-state index contributed by atoms with van der Waals surface area (Å²) in [7, 11) is 1.48. The van der Waals surface area contributed by atoms with Crippen LogP contribution in [0.25, 0.3) is 6.08 Å². The number of rotatable bonds is 8. The molecule has 0 bridgehead atoms. The Morgan fingerprint density at radius 1 is 1.25 bits per heavy atom. The number of hydrogen-bond acceptors (Lipinski definition) is 4. The molecule has 1 saturated heterocycles. The highest BCUT2D eigenvalue weighted by molar-refractivity contribution is 5.81. The lowest BCUT2D eigenvalue weighted by Crippen LogP contribution is -2.69. The number of nitrogens with zero attached hydrogens (tertiary/aromatic N) is 1. The molecule has 1 aliphatic heterocycles. The second-order valence-corrected chi connectivity index (χ2v) is 7.62. The molecule has 6 heteroatoms. The van der Waals surface area contributed by atoms with Gasteiger partial charge in [0.2, 0.25) is 11.8 Å². The van der Waals surface area contributed by atoms with Crippen molar-refractivity contribution in [1.29, 1.82) is 0 Å². The maximum atomic E-state index is 12.5. The van der Waals surface area contributed by atoms with E-state index in [2.05, 4.69) is 5.32 Å². The van der Waals surface area contributed by atoms with Crippen molar-refractivity contribution in [3.63, 3.8) is 0 Å². The molecule has 1 aromatic rings. The molecule has 1 aliphatic carbocycles. The molecule has 28 heavy (non-hydrogen) atoms. The van der Waals surface area contributed by atoms with Crippen LogP contribution in [-0.2, 0) is 14.3 Å². The maximum Gasteiger partial charge on any atom is 0.249 e. The van der Waals surface area contributed by atoms with E-state index in [0.717, 1.165) is 30.4 Å². The topological polar surface area (TPSA) is 78.9 Å². The zero-order valence-electron chi connectivity index (χ0n) is 16.6. The molecule has 152 valence electrons. The summed E-state index contributed by atoms with van der Waals surface area (Å²) in [5.74, 6) is -0.00573. The standard InChI is InChI=1S/C22H30N2O4/c1-3-5-15-8-10-16(11-9-15)21-18(12-23-22(27)17-6-4-7-17)24(19(21)13-25)20(26)14-28-2/h3,5,8-11,17-19,21,25H,4,6-7,12-14H2,1-2H3,(H,23,27)/b5-3+/t18-,19+,21+/m0/s1. The molecule has 0 aromatic heterocycles. The van der Waals surface area contributed by atoms with E-state index in [4.69, 9.17) is 4.74 Å². The first-order valence-electron chi connectivity index (χ1n) is 10.0. The number of nitrogens with one attached hydrogen (secondary N) is 1. The van der Waals surface area contributed by atoms with Gasteiger partial charge in [-0.15, -0.1) is 0 Å². The molecule has 2 N–H and O–H groups in total. The van der Waals surface area contributed by atoms with Gasteiger partial charge in [-0.05, 0) is 30.9 Å². The van der Waals surface area contributed by atoms with Gasteiger partial charge >= 0.3 is 0 Å². The number of ether oxygens (including phenoxy) is 1. The minimum absolute atomic E-state index is 0.0212. The number of aliphatic hydroxyl groups is 1. The van der Waals surface area contributed by atoms with Crippen LogP contribution < -0.4 is 5.32 Å². The van der Waals surface area contributed by atoms with Gasteiger partial charge in [-0.2, -0.15) is 0 Å². The van der Waals surface area contributed by atoms with Crippen LogP contribution in [0.2, 0.25) is 0 Å². The third kappa shape index (κ3) is 4.13. The molecule has 2 aliphatic rings. The number of allylic oxidation sites excluding steroid dienone is 1. The Kier molecular flexibility index (Phi) is 6.86. The number of aliphatic hydroxyl groups excluding tert-OH is 1. The Labute approximate surface area is 166 Å². The highest BCUT2D eigenvalue weighted by Crippen LogP contribution is 2.40. The van der Waals surface area contributed by atoms with Gasteiger partial charge in [0.1, 0.15) is 6.61 Å². The van der Waals surface area contributed by atoms with Gasteiger partial charge in [-0.25, -0.2) is 0 Å². The van der Waals surface area contributed by atoms with Crippen molar-refractivity contribution in [3.05, 3.63) is 41.5 Å². The third-order valence-corrected chi connectivity index (χ3v) is 5.93. The summed E-state index contributed by atoms with van der Waals surface area (Å²) in [6.07, 6.45) is 7.00. The van der Waals surface area contributed by atoms with Crippen molar-refractivity contribution in [2.24, 2.45) is 5.92 Å². The fraction of sp³-hybridized carbons (Fsp3) is 0.545. The third-order valence-electron chi connectivity index (χ3n) is 5.93. The Morgan fingerprint density at radius 3 is 2.50 bits per heavy atom. The van der Waals surface area contributed by atoms with E-state index in [1.807, 2.05) is 43.3 Å². The van der Waals surface area contributed by atoms with Gasteiger partial charge in [-0.3, -0.25) is 9.59 Å². The molecule has 0 spiro atoms. The fourth-order valence-corrected chi connectivity index (χ4v) is 4.23. The lowest BCUT2D eigenvalue weighted by Gasteiger charge is -2.55. The van der Waals surface area contributed by atoms with Crippen molar-refractivity contribution in [3.8, 4) is 0 Å². The minimum atomic E-state index is -0.305. The van der Waals surface area contributed by atoms with E-state index in [0.29, 0.717) is 6.54 Å². The zero-order chi connectivity index (χ0) is 20.1. The van der Waals surface area contributed by atoms with Crippen molar-refractivity contribution < 1.29 is 19.4 Å². The number of carbonyl (C=O) groups excluding carboxylic acids is 2. The summed E-state index contributed by atoms with van der Waals surface area (Å²) in [4.78, 5) is 26.5. The molecule has 0 unspecified atom stereocenters. The van der Waals surface area contributed by atoms with Crippen LogP contribution in [0.1, 0.15) is 43.2 Å². The molecule has 2 amide bonds. The minimum Gasteiger partial charge on any atom is -0.394 e. The predicted molar refractivity (Wildman–Crippen MR) is 108 cm³/mol. The summed E-state index contributed by atoms with van der Waals surface area (Å²) in [5.41, 5.74) is 2.17. The van der Waals surface area contributed by atoms with E-state index in [9.17, 15) is 14.7 Å². The first-order valence-corrected chi connectivity index (χ1v) is 10.0. The highest BCUT2D eigenvalue weighted by atomic mass is 16.5. The second-order valence-electron chi connectivity index (χ2n) is 7.62. The van der Waals surface area contributed by atoms with E-state index in [1.54, 1.807) is 4.90 Å². The van der Waals surface area contributed by atoms with Crippen molar-refractivity contribution in [1.82, 2.24) is 10.2 Å². The van der Waals surface area contributed by atoms with Crippen molar-refractivity contribution >= 4 is 17.9 Å². The molecule has 1 aromatic carbocycles. The van der Waals surface area contributed by atoms with Crippen LogP contribution >= 0.6 is 0 Å². The molecular weight excluding hydrogens is 356 g/mol. The average molecular weight is 386 g/mol. The predicted octanol–water partition coefficient (Wildman–Crippen LogP) is 1.94. The number of carbonyl (C=O) groups is 2. The fourth-order valence-electron chi connectivity index (χ4n) is 4.23. The van der Waals surface area contributed by atoms with Crippen LogP contribution in [-0.4, -0.2) is 60.8 Å². The van der Waals surface area contributed by atoms with Crippen LogP contribution in [0.4, 0.5) is 0 Å². The summed E-state index contributed by atoms with van der Waals surface area (Å²) >= 11 is 0. The van der Waals surface area contributed by atoms with Gasteiger partial charge in [0, 0.05) is 25.5 Å². The number of hydrogen-bond donors (Lipinski definition) is 2. The van der Waals surface area contributed by atoms with Crippen LogP contribution in [0.5, 0.6) is 0 Å². The number of amides is 2. The van der Waals surface area contributed by atoms with Crippen LogP contribution in [0.15, 0.2) is 30.3 Å². The summed E-state index contributed by atoms with van der Waals surface area (Å²) in [6.45, 7) is 2.21. The summed E-state index contributed by atoms with van der Waals surface area (Å²) in [5, 5.41) is 13.0. The first-order chi connectivity index (χ1) is 13.6. The number of benzene rings is 1. The second kappa shape index (κ2) is 9.34. The largest absolute Gasteiger partial charge is 0.394 e. The smallest absolute Gasteiger partial charge is 0.249 e. The molecular formula is C22H30N2O4. The van der Waals surface area contributed by atoms with Gasteiger partial charge in [0.15, 0.2) is 0 Å². The van der Waals surface area contributed by atoms with E-state index < -0.39 is 0 Å². The first kappa shape index (κ1) is 20.6. The SMILES string of the molecule is C/C=C/c1ccc([C@H]2[C@@H](CO)N(C(=O)COC)[C@H]2CNC(=O)C2CCC2)cc1. The Hall–Kier alpha value is -2.18. The normalized spacial score (nSPS) is 24.7. The van der Waals surface area contributed by atoms with Crippen molar-refractivity contribution in [2.75, 3.05) is 26.9 Å². The molecule has 1 saturated carbocycles. The van der Waals surface area contributed by atoms with Gasteiger partial charge in [-0.1, -0.05) is 42.8 Å². The molecule has 2 fully saturated rings. The Balaban J connectivity index is 1.77. The van der Waals surface area contributed by atoms with E-state index in [1.165, 1.54) is 7.11 Å². The molecule has 1 heterocycles. The lowest BCUT2D eigenvalue weighted by molar-refractivity contribution is -0.155. The summed E-state index contributed by atoms with van der Waals surface area (Å²) in [6, 6.07) is 7.67. The average Bonchev–Trinajstić information content (AvgIpc) is 2.61. The lowest BCUT2D eigenvalue weighted by atomic mass is 9.74. The zero-order valence-corrected chi connectivity index (χ0v) is 16.6. The van der Waals surface area contributed by atoms with Crippen LogP contribution in [0.3, 0.4) is 0 Å². The monoisotopic (exact) mass is 386 g/mol. The summed E-state index contributed by atoms with van der Waals surface area (Å²) < 4.78 is 5.01. The Bertz CT molecular complexity index is 712. The van der Waals surface area contributed by atoms with Crippen LogP contribution in [0, 0.1) is 5.92 Å². The Morgan fingerprint density at radius 2 is 1.96 bits per heavy atom. The van der Waals surface area contributed by atoms with E-state index >= 15 is 0 Å². The molecule has 0 radical (unpaired) electrons. The number of methoxy groups -OCH3 is 1. The highest BCUT2D eigenvalue weighted by Gasteiger charge is 2.51. The molecule has 6 nitrogen and oxygen atoms in total. The van der Waals surface area contributed by atoms with Gasteiger partial charge < -0.3 is 20.1 Å². The molecule has 3 rings (SSSR count). The molecule has 3 atom stereocenters. The van der Waals surface area contributed by atoms with Gasteiger partial charge in [0.25, 0.3) is 0 Å². The maximum absolute atomic E-state index is 12.5. The van der Waals surface area contributed by atoms with E-state index in [-0.39, 0.29) is 48.9 Å². The van der Waals surface area contributed by atoms with Gasteiger partial charge in [0.05, 0.1) is 18.7 Å².